The Bertz CT molecular complexity index is 1130. The molecule has 1 aliphatic rings. The number of fused-ring (bicyclic) bond motifs is 1. The zero-order chi connectivity index (χ0) is 20.5. The molecule has 29 heavy (non-hydrogen) atoms. The van der Waals surface area contributed by atoms with Gasteiger partial charge in [0.05, 0.1) is 6.20 Å². The predicted molar refractivity (Wildman–Crippen MR) is 113 cm³/mol. The minimum Gasteiger partial charge on any atom is -0.335 e. The third kappa shape index (κ3) is 4.03. The third-order valence-corrected chi connectivity index (χ3v) is 5.96. The minimum atomic E-state index is 0.171. The van der Waals surface area contributed by atoms with Gasteiger partial charge in [-0.1, -0.05) is 28.1 Å². The number of halogens is 1. The summed E-state index contributed by atoms with van der Waals surface area (Å²) in [4.78, 5) is 19.6. The molecule has 7 heteroatoms. The van der Waals surface area contributed by atoms with E-state index in [0.717, 1.165) is 39.8 Å². The molecule has 0 atom stereocenters. The molecule has 4 rings (SSSR count). The van der Waals surface area contributed by atoms with Crippen LogP contribution in [0, 0.1) is 25.2 Å². The van der Waals surface area contributed by atoms with Crippen LogP contribution in [0.15, 0.2) is 34.9 Å². The maximum absolute atomic E-state index is 13.1. The molecule has 1 fully saturated rings. The summed E-state index contributed by atoms with van der Waals surface area (Å²) in [6, 6.07) is 10.6. The average molecular weight is 452 g/mol. The van der Waals surface area contributed by atoms with Gasteiger partial charge >= 0.3 is 0 Å². The van der Waals surface area contributed by atoms with E-state index < -0.39 is 0 Å². The molecule has 2 aromatic heterocycles. The van der Waals surface area contributed by atoms with Gasteiger partial charge in [-0.05, 0) is 56.4 Å². The van der Waals surface area contributed by atoms with Crippen molar-refractivity contribution < 1.29 is 4.79 Å². The summed E-state index contributed by atoms with van der Waals surface area (Å²) in [5.41, 5.74) is 4.99. The lowest BCUT2D eigenvalue weighted by Crippen LogP contribution is -2.32. The smallest absolute Gasteiger partial charge is 0.223 e. The molecular formula is C22H22BrN5O. The number of rotatable bonds is 6. The molecule has 2 heterocycles. The van der Waals surface area contributed by atoms with E-state index in [9.17, 15) is 10.1 Å². The Morgan fingerprint density at radius 3 is 2.86 bits per heavy atom. The topological polar surface area (TPSA) is 74.3 Å². The number of amides is 1. The molecule has 0 radical (unpaired) electrons. The van der Waals surface area contributed by atoms with E-state index in [0.29, 0.717) is 36.6 Å². The number of benzene rings is 1. The molecule has 0 spiro atoms. The molecule has 6 nitrogen and oxygen atoms in total. The van der Waals surface area contributed by atoms with Crippen molar-refractivity contribution >= 4 is 27.5 Å². The molecule has 0 unspecified atom stereocenters. The summed E-state index contributed by atoms with van der Waals surface area (Å²) in [7, 11) is 0. The summed E-state index contributed by atoms with van der Waals surface area (Å²) in [6.07, 6.45) is 4.75. The number of hydrogen-bond acceptors (Lipinski definition) is 4. The lowest BCUT2D eigenvalue weighted by atomic mass is 10.1. The largest absolute Gasteiger partial charge is 0.335 e. The Morgan fingerprint density at radius 1 is 1.38 bits per heavy atom. The molecule has 1 aromatic carbocycles. The SMILES string of the molecule is Cc1nc2c(C#N)cnn2c(C)c1CCC(=O)N(Cc1cccc(Br)c1)C1CC1. The van der Waals surface area contributed by atoms with Gasteiger partial charge in [0.25, 0.3) is 0 Å². The molecular weight excluding hydrogens is 430 g/mol. The highest BCUT2D eigenvalue weighted by atomic mass is 79.9. The van der Waals surface area contributed by atoms with Crippen molar-refractivity contribution in [2.24, 2.45) is 0 Å². The van der Waals surface area contributed by atoms with Gasteiger partial charge in [-0.3, -0.25) is 4.79 Å². The first kappa shape index (κ1) is 19.6. The third-order valence-electron chi connectivity index (χ3n) is 5.47. The summed E-state index contributed by atoms with van der Waals surface area (Å²) >= 11 is 3.51. The molecule has 148 valence electrons. The average Bonchev–Trinajstić information content (AvgIpc) is 3.45. The van der Waals surface area contributed by atoms with Crippen LogP contribution in [-0.4, -0.2) is 31.4 Å². The van der Waals surface area contributed by atoms with Crippen molar-refractivity contribution in [2.45, 2.75) is 52.1 Å². The van der Waals surface area contributed by atoms with Gasteiger partial charge in [-0.15, -0.1) is 0 Å². The lowest BCUT2D eigenvalue weighted by molar-refractivity contribution is -0.132. The second-order valence-corrected chi connectivity index (χ2v) is 8.47. The molecule has 3 aromatic rings. The van der Waals surface area contributed by atoms with E-state index in [2.05, 4.69) is 44.2 Å². The van der Waals surface area contributed by atoms with E-state index in [-0.39, 0.29) is 5.91 Å². The molecule has 1 amide bonds. The van der Waals surface area contributed by atoms with Crippen molar-refractivity contribution in [3.05, 3.63) is 63.0 Å². The fourth-order valence-corrected chi connectivity index (χ4v) is 4.21. The number of hydrogen-bond donors (Lipinski definition) is 0. The van der Waals surface area contributed by atoms with Crippen LogP contribution in [0.25, 0.3) is 5.65 Å². The second kappa shape index (κ2) is 7.96. The maximum atomic E-state index is 13.1. The van der Waals surface area contributed by atoms with Gasteiger partial charge in [0.15, 0.2) is 5.65 Å². The molecule has 0 N–H and O–H groups in total. The summed E-state index contributed by atoms with van der Waals surface area (Å²) in [5.74, 6) is 0.171. The van der Waals surface area contributed by atoms with Gasteiger partial charge < -0.3 is 4.90 Å². The predicted octanol–water partition coefficient (Wildman–Crippen LogP) is 4.10. The maximum Gasteiger partial charge on any atom is 0.223 e. The Morgan fingerprint density at radius 2 is 2.17 bits per heavy atom. The number of carbonyl (C=O) groups excluding carboxylic acids is 1. The summed E-state index contributed by atoms with van der Waals surface area (Å²) in [6.45, 7) is 4.54. The van der Waals surface area contributed by atoms with Crippen molar-refractivity contribution in [3.8, 4) is 6.07 Å². The first-order chi connectivity index (χ1) is 14.0. The van der Waals surface area contributed by atoms with Gasteiger partial charge in [-0.25, -0.2) is 9.50 Å². The Labute approximate surface area is 178 Å². The second-order valence-electron chi connectivity index (χ2n) is 7.55. The number of nitrogens with zero attached hydrogens (tertiary/aromatic N) is 5. The van der Waals surface area contributed by atoms with E-state index >= 15 is 0 Å². The lowest BCUT2D eigenvalue weighted by Gasteiger charge is -2.23. The fraction of sp³-hybridized carbons (Fsp3) is 0.364. The van der Waals surface area contributed by atoms with E-state index in [1.807, 2.05) is 30.9 Å². The van der Waals surface area contributed by atoms with Crippen LogP contribution in [0.3, 0.4) is 0 Å². The highest BCUT2D eigenvalue weighted by Gasteiger charge is 2.32. The highest BCUT2D eigenvalue weighted by Crippen LogP contribution is 2.30. The van der Waals surface area contributed by atoms with Crippen LogP contribution in [0.5, 0.6) is 0 Å². The van der Waals surface area contributed by atoms with Crippen LogP contribution in [-0.2, 0) is 17.8 Å². The highest BCUT2D eigenvalue weighted by molar-refractivity contribution is 9.10. The quantitative estimate of drug-likeness (QED) is 0.565. The molecule has 0 saturated heterocycles. The fourth-order valence-electron chi connectivity index (χ4n) is 3.77. The van der Waals surface area contributed by atoms with E-state index in [4.69, 9.17) is 0 Å². The number of aryl methyl sites for hydroxylation is 2. The molecule has 1 aliphatic carbocycles. The van der Waals surface area contributed by atoms with Crippen molar-refractivity contribution in [1.29, 1.82) is 5.26 Å². The van der Waals surface area contributed by atoms with Crippen LogP contribution < -0.4 is 0 Å². The minimum absolute atomic E-state index is 0.171. The zero-order valence-electron chi connectivity index (χ0n) is 16.5. The first-order valence-corrected chi connectivity index (χ1v) is 10.5. The van der Waals surface area contributed by atoms with Gasteiger partial charge in [0.2, 0.25) is 5.91 Å². The molecule has 0 bridgehead atoms. The van der Waals surface area contributed by atoms with Gasteiger partial charge in [0, 0.05) is 34.9 Å². The summed E-state index contributed by atoms with van der Waals surface area (Å²) in [5, 5.41) is 13.5. The van der Waals surface area contributed by atoms with Crippen LogP contribution >= 0.6 is 15.9 Å². The summed E-state index contributed by atoms with van der Waals surface area (Å²) < 4.78 is 2.73. The Hall–Kier alpha value is -2.72. The van der Waals surface area contributed by atoms with Crippen LogP contribution in [0.2, 0.25) is 0 Å². The standard InChI is InChI=1S/C22H22BrN5O/c1-14-20(15(2)28-22(26-14)17(11-24)12-25-28)8-9-21(29)27(19-6-7-19)13-16-4-3-5-18(23)10-16/h3-5,10,12,19H,6-9,13H2,1-2H3. The van der Waals surface area contributed by atoms with Gasteiger partial charge in [0.1, 0.15) is 11.6 Å². The van der Waals surface area contributed by atoms with Crippen molar-refractivity contribution in [3.63, 3.8) is 0 Å². The molecule has 0 aliphatic heterocycles. The zero-order valence-corrected chi connectivity index (χ0v) is 18.1. The number of nitriles is 1. The number of carbonyl (C=O) groups is 1. The van der Waals surface area contributed by atoms with E-state index in [1.165, 1.54) is 6.20 Å². The van der Waals surface area contributed by atoms with E-state index in [1.54, 1.807) is 4.52 Å². The van der Waals surface area contributed by atoms with Crippen LogP contribution in [0.1, 0.15) is 47.3 Å². The Kier molecular flexibility index (Phi) is 5.37. The van der Waals surface area contributed by atoms with Crippen molar-refractivity contribution in [2.75, 3.05) is 0 Å². The van der Waals surface area contributed by atoms with Crippen LogP contribution in [0.4, 0.5) is 0 Å². The van der Waals surface area contributed by atoms with Gasteiger partial charge in [-0.2, -0.15) is 10.4 Å². The Balaban J connectivity index is 1.51. The normalized spacial score (nSPS) is 13.4. The van der Waals surface area contributed by atoms with Crippen molar-refractivity contribution in [1.82, 2.24) is 19.5 Å². The molecule has 1 saturated carbocycles. The first-order valence-electron chi connectivity index (χ1n) is 9.75. The number of aromatic nitrogens is 3. The monoisotopic (exact) mass is 451 g/mol.